The van der Waals surface area contributed by atoms with Crippen LogP contribution in [0.25, 0.3) is 43.1 Å². The first kappa shape index (κ1) is 32.3. The van der Waals surface area contributed by atoms with Gasteiger partial charge in [-0.1, -0.05) is 111 Å². The quantitative estimate of drug-likeness (QED) is 0.209. The Bertz CT molecular complexity index is 1380. The molecule has 0 spiro atoms. The van der Waals surface area contributed by atoms with Gasteiger partial charge >= 0.3 is 26.2 Å². The second-order valence-electron chi connectivity index (χ2n) is 8.60. The fourth-order valence-corrected chi connectivity index (χ4v) is 4.98. The van der Waals surface area contributed by atoms with Gasteiger partial charge in [0.05, 0.1) is 0 Å². The third-order valence-corrected chi connectivity index (χ3v) is 7.02. The Hall–Kier alpha value is -1.70. The fraction of sp³-hybridized carbons (Fsp3) is 0.188. The van der Waals surface area contributed by atoms with E-state index in [0.717, 1.165) is 0 Å². The van der Waals surface area contributed by atoms with Crippen LogP contribution in [0.4, 0.5) is 0 Å². The average molecular weight is 607 g/mol. The predicted molar refractivity (Wildman–Crippen MR) is 150 cm³/mol. The van der Waals surface area contributed by atoms with Gasteiger partial charge in [0.15, 0.2) is 0 Å². The monoisotopic (exact) mass is 604 g/mol. The Balaban J connectivity index is 0.000000285. The van der Waals surface area contributed by atoms with Crippen molar-refractivity contribution in [1.82, 2.24) is 0 Å². The molecule has 4 heteroatoms. The van der Waals surface area contributed by atoms with Crippen molar-refractivity contribution in [2.75, 3.05) is 0 Å². The summed E-state index contributed by atoms with van der Waals surface area (Å²) in [4.78, 5) is 0. The van der Waals surface area contributed by atoms with Crippen molar-refractivity contribution in [3.05, 3.63) is 108 Å². The number of hydrogen-bond donors (Lipinski definition) is 0. The van der Waals surface area contributed by atoms with Gasteiger partial charge in [0.2, 0.25) is 0 Å². The zero-order valence-electron chi connectivity index (χ0n) is 21.4. The Labute approximate surface area is 250 Å². The summed E-state index contributed by atoms with van der Waals surface area (Å²) in [6.45, 7) is 8.74. The molecule has 0 bridgehead atoms. The first-order valence-electron chi connectivity index (χ1n) is 11.9. The summed E-state index contributed by atoms with van der Waals surface area (Å²) in [6, 6.07) is 37.6. The number of hydrogen-bond acceptors (Lipinski definition) is 0. The van der Waals surface area contributed by atoms with Gasteiger partial charge in [0.1, 0.15) is 0 Å². The third kappa shape index (κ3) is 7.65. The zero-order chi connectivity index (χ0) is 23.2. The normalized spacial score (nSPS) is 9.89. The third-order valence-electron chi connectivity index (χ3n) is 6.02. The molecule has 0 aliphatic rings. The van der Waals surface area contributed by atoms with E-state index in [1.165, 1.54) is 75.8 Å². The number of benzene rings is 4. The van der Waals surface area contributed by atoms with Crippen molar-refractivity contribution in [3.8, 4) is 0 Å². The summed E-state index contributed by atoms with van der Waals surface area (Å²) < 4.78 is 0. The van der Waals surface area contributed by atoms with Crippen LogP contribution in [-0.2, 0) is 26.2 Å². The molecule has 182 valence electrons. The smallest absolute Gasteiger partial charge is 1.00 e. The van der Waals surface area contributed by atoms with Crippen LogP contribution in [0, 0.1) is 13.8 Å². The minimum absolute atomic E-state index is 0. The van der Waals surface area contributed by atoms with Crippen LogP contribution in [0.3, 0.4) is 0 Å². The minimum Gasteiger partial charge on any atom is -1.00 e. The Kier molecular flexibility index (Phi) is 13.9. The van der Waals surface area contributed by atoms with Crippen molar-refractivity contribution >= 4 is 52.6 Å². The Morgan fingerprint density at radius 3 is 1.31 bits per heavy atom. The minimum atomic E-state index is 0. The van der Waals surface area contributed by atoms with E-state index in [1.807, 2.05) is 0 Å². The molecular formula is C32H32Cl2SiZr. The van der Waals surface area contributed by atoms with Crippen molar-refractivity contribution < 1.29 is 51.0 Å². The topological polar surface area (TPSA) is 0 Å². The maximum Gasteiger partial charge on any atom is 4.00 e. The van der Waals surface area contributed by atoms with E-state index in [9.17, 15) is 0 Å². The van der Waals surface area contributed by atoms with Crippen molar-refractivity contribution in [3.63, 3.8) is 0 Å². The van der Waals surface area contributed by atoms with Crippen LogP contribution in [0.15, 0.2) is 97.1 Å². The van der Waals surface area contributed by atoms with Gasteiger partial charge in [0, 0.05) is 9.52 Å². The maximum atomic E-state index is 2.26. The molecule has 0 heterocycles. The van der Waals surface area contributed by atoms with Crippen LogP contribution in [0.2, 0.25) is 12.1 Å². The molecule has 0 nitrogen and oxygen atoms in total. The second-order valence-corrected chi connectivity index (χ2v) is 10.5. The molecule has 0 amide bonds. The van der Waals surface area contributed by atoms with Crippen LogP contribution in [0.1, 0.15) is 25.0 Å². The van der Waals surface area contributed by atoms with Gasteiger partial charge in [-0.25, -0.2) is 0 Å². The molecule has 0 aliphatic carbocycles. The van der Waals surface area contributed by atoms with Crippen LogP contribution < -0.4 is 24.8 Å². The zero-order valence-corrected chi connectivity index (χ0v) is 26.4. The maximum absolute atomic E-state index is 2.26. The number of aryl methyl sites for hydroxylation is 2. The number of halogens is 2. The summed E-state index contributed by atoms with van der Waals surface area (Å²) in [5, 5.41) is 10.8. The van der Waals surface area contributed by atoms with Crippen molar-refractivity contribution in [1.29, 1.82) is 0 Å². The Morgan fingerprint density at radius 1 is 0.556 bits per heavy atom. The largest absolute Gasteiger partial charge is 4.00 e. The Morgan fingerprint density at radius 2 is 0.944 bits per heavy atom. The van der Waals surface area contributed by atoms with E-state index in [-0.39, 0.29) is 51.0 Å². The van der Waals surface area contributed by atoms with E-state index in [1.54, 1.807) is 0 Å². The van der Waals surface area contributed by atoms with Gasteiger partial charge in [-0.15, -0.1) is 56.9 Å². The van der Waals surface area contributed by atoms with Crippen LogP contribution >= 0.6 is 0 Å². The van der Waals surface area contributed by atoms with Crippen LogP contribution in [-0.4, -0.2) is 9.52 Å². The van der Waals surface area contributed by atoms with Gasteiger partial charge in [-0.3, -0.25) is 0 Å². The van der Waals surface area contributed by atoms with E-state index < -0.39 is 0 Å². The molecule has 0 aliphatic heterocycles. The summed E-state index contributed by atoms with van der Waals surface area (Å²) >= 11 is 0. The summed E-state index contributed by atoms with van der Waals surface area (Å²) in [5.74, 6) is 0. The second kappa shape index (κ2) is 15.5. The molecule has 6 aromatic carbocycles. The molecule has 0 saturated carbocycles. The molecule has 0 atom stereocenters. The van der Waals surface area contributed by atoms with Gasteiger partial charge < -0.3 is 24.8 Å². The summed E-state index contributed by atoms with van der Waals surface area (Å²) in [6.07, 6.45) is 0. The molecule has 0 unspecified atom stereocenters. The molecule has 6 aromatic rings. The number of rotatable bonds is 2. The SMILES string of the molecule is CC[Si]CC.Cc1cc2c(ccc3ccccc32)[cH-]1.Cc1cc2c(ccc3ccccc32)[cH-]1.[Cl-].[Cl-].[Zr+4]. The molecular weight excluding hydrogens is 575 g/mol. The van der Waals surface area contributed by atoms with Crippen molar-refractivity contribution in [2.45, 2.75) is 39.8 Å². The van der Waals surface area contributed by atoms with E-state index in [2.05, 4.69) is 125 Å². The standard InChI is InChI=1S/2C14H11.C4H10Si.2ClH.Zr/c2*1-10-8-12-7-6-11-4-2-3-5-13(11)14(12)9-10;1-3-5-4-2;;;/h2*2-9H,1H3;3-4H2,1-2H3;2*1H;/q2*-1;;;;+4/p-2. The van der Waals surface area contributed by atoms with Gasteiger partial charge in [-0.2, -0.15) is 12.1 Å². The molecule has 0 N–H and O–H groups in total. The molecule has 2 radical (unpaired) electrons. The summed E-state index contributed by atoms with van der Waals surface area (Å²) in [5.41, 5.74) is 2.69. The van der Waals surface area contributed by atoms with Crippen molar-refractivity contribution in [2.24, 2.45) is 0 Å². The summed E-state index contributed by atoms with van der Waals surface area (Å²) in [7, 11) is 1.20. The molecule has 0 fully saturated rings. The fourth-order valence-electron chi connectivity index (χ4n) is 4.48. The first-order valence-corrected chi connectivity index (χ1v) is 13.3. The molecule has 6 rings (SSSR count). The number of fused-ring (bicyclic) bond motifs is 6. The van der Waals surface area contributed by atoms with Crippen LogP contribution in [0.5, 0.6) is 0 Å². The van der Waals surface area contributed by atoms with E-state index >= 15 is 0 Å². The van der Waals surface area contributed by atoms with Gasteiger partial charge in [-0.05, 0) is 10.8 Å². The van der Waals surface area contributed by atoms with E-state index in [0.29, 0.717) is 0 Å². The predicted octanol–water partition coefficient (Wildman–Crippen LogP) is 3.61. The molecule has 0 saturated heterocycles. The van der Waals surface area contributed by atoms with Gasteiger partial charge in [0.25, 0.3) is 0 Å². The molecule has 0 aromatic heterocycles. The molecule has 36 heavy (non-hydrogen) atoms. The average Bonchev–Trinajstić information content (AvgIpc) is 3.42. The first-order chi connectivity index (χ1) is 16.1. The van der Waals surface area contributed by atoms with E-state index in [4.69, 9.17) is 0 Å².